The molecule has 0 saturated carbocycles. The molecule has 0 spiro atoms. The molecule has 2 atom stereocenters. The van der Waals surface area contributed by atoms with Crippen LogP contribution in [-0.2, 0) is 19.0 Å². The maximum Gasteiger partial charge on any atom is 0.338 e. The van der Waals surface area contributed by atoms with Crippen molar-refractivity contribution in [3.63, 3.8) is 0 Å². The van der Waals surface area contributed by atoms with Crippen LogP contribution in [0.5, 0.6) is 0 Å². The molecule has 2 rings (SSSR count). The van der Waals surface area contributed by atoms with Crippen molar-refractivity contribution in [2.45, 2.75) is 31.8 Å². The Bertz CT molecular complexity index is 399. The van der Waals surface area contributed by atoms with E-state index in [1.165, 1.54) is 7.11 Å². The average Bonchev–Trinajstić information content (AvgIpc) is 2.65. The van der Waals surface area contributed by atoms with Gasteiger partial charge in [0.05, 0.1) is 7.11 Å². The van der Waals surface area contributed by atoms with Gasteiger partial charge in [0.25, 0.3) is 0 Å². The molecular formula is C13H16O4. The topological polar surface area (TPSA) is 44.8 Å². The lowest BCUT2D eigenvalue weighted by molar-refractivity contribution is -0.168. The second-order valence-electron chi connectivity index (χ2n) is 4.41. The number of benzene rings is 1. The molecule has 1 aromatic rings. The van der Waals surface area contributed by atoms with E-state index < -0.39 is 24.0 Å². The van der Waals surface area contributed by atoms with E-state index in [1.807, 2.05) is 30.3 Å². The fraction of sp³-hybridized carbons (Fsp3) is 0.462. The smallest absolute Gasteiger partial charge is 0.338 e. The van der Waals surface area contributed by atoms with Gasteiger partial charge in [0.15, 0.2) is 11.9 Å². The van der Waals surface area contributed by atoms with Crippen LogP contribution in [0.2, 0.25) is 0 Å². The molecule has 0 radical (unpaired) electrons. The molecule has 92 valence electrons. The molecule has 0 amide bonds. The Hall–Kier alpha value is -1.39. The van der Waals surface area contributed by atoms with Gasteiger partial charge in [0.1, 0.15) is 6.10 Å². The third-order valence-corrected chi connectivity index (χ3v) is 2.66. The second kappa shape index (κ2) is 4.47. The van der Waals surface area contributed by atoms with Crippen LogP contribution in [0.3, 0.4) is 0 Å². The Morgan fingerprint density at radius 1 is 1.24 bits per heavy atom. The summed E-state index contributed by atoms with van der Waals surface area (Å²) in [6, 6.07) is 9.53. The number of hydrogen-bond acceptors (Lipinski definition) is 4. The fourth-order valence-electron chi connectivity index (χ4n) is 1.94. The SMILES string of the molecule is COC(=O)[C@H]1OC(C)(C)OC1c1ccccc1. The minimum Gasteiger partial charge on any atom is -0.467 e. The van der Waals surface area contributed by atoms with Crippen molar-refractivity contribution in [3.8, 4) is 0 Å². The molecule has 0 aromatic heterocycles. The molecule has 1 unspecified atom stereocenters. The van der Waals surface area contributed by atoms with Crippen LogP contribution in [0.25, 0.3) is 0 Å². The van der Waals surface area contributed by atoms with Crippen molar-refractivity contribution in [1.82, 2.24) is 0 Å². The summed E-state index contributed by atoms with van der Waals surface area (Å²) in [5.41, 5.74) is 0.911. The Kier molecular flexibility index (Phi) is 3.17. The average molecular weight is 236 g/mol. The van der Waals surface area contributed by atoms with Gasteiger partial charge in [-0.25, -0.2) is 4.79 Å². The summed E-state index contributed by atoms with van der Waals surface area (Å²) < 4.78 is 16.1. The molecule has 1 aromatic carbocycles. The van der Waals surface area contributed by atoms with E-state index in [2.05, 4.69) is 0 Å². The predicted octanol–water partition coefficient (Wildman–Crippen LogP) is 2.05. The van der Waals surface area contributed by atoms with Crippen molar-refractivity contribution >= 4 is 5.97 Å². The molecule has 0 bridgehead atoms. The highest BCUT2D eigenvalue weighted by Crippen LogP contribution is 2.38. The van der Waals surface area contributed by atoms with Gasteiger partial charge >= 0.3 is 5.97 Å². The van der Waals surface area contributed by atoms with Gasteiger partial charge in [0, 0.05) is 0 Å². The standard InChI is InChI=1S/C13H16O4/c1-13(2)16-10(9-7-5-4-6-8-9)11(17-13)12(14)15-3/h4-8,10-11H,1-3H3/t10?,11-/m0/s1. The summed E-state index contributed by atoms with van der Waals surface area (Å²) in [5.74, 6) is -1.19. The zero-order chi connectivity index (χ0) is 12.5. The molecule has 1 saturated heterocycles. The zero-order valence-corrected chi connectivity index (χ0v) is 10.2. The van der Waals surface area contributed by atoms with Crippen molar-refractivity contribution in [3.05, 3.63) is 35.9 Å². The Morgan fingerprint density at radius 3 is 2.47 bits per heavy atom. The Labute approximate surface area is 100 Å². The maximum absolute atomic E-state index is 11.7. The van der Waals surface area contributed by atoms with Gasteiger partial charge in [0.2, 0.25) is 0 Å². The largest absolute Gasteiger partial charge is 0.467 e. The van der Waals surface area contributed by atoms with Gasteiger partial charge in [-0.3, -0.25) is 0 Å². The molecule has 0 N–H and O–H groups in total. The summed E-state index contributed by atoms with van der Waals surface area (Å²) in [4.78, 5) is 11.7. The lowest BCUT2D eigenvalue weighted by Gasteiger charge is -2.16. The summed E-state index contributed by atoms with van der Waals surface area (Å²) in [7, 11) is 1.35. The number of ether oxygens (including phenoxy) is 3. The summed E-state index contributed by atoms with van der Waals surface area (Å²) >= 11 is 0. The van der Waals surface area contributed by atoms with Crippen LogP contribution in [0.15, 0.2) is 30.3 Å². The molecule has 1 aliphatic rings. The van der Waals surface area contributed by atoms with Gasteiger partial charge < -0.3 is 14.2 Å². The molecule has 0 aliphatic carbocycles. The van der Waals surface area contributed by atoms with E-state index >= 15 is 0 Å². The highest BCUT2D eigenvalue weighted by atomic mass is 16.8. The number of hydrogen-bond donors (Lipinski definition) is 0. The van der Waals surface area contributed by atoms with E-state index in [9.17, 15) is 4.79 Å². The van der Waals surface area contributed by atoms with E-state index in [-0.39, 0.29) is 0 Å². The minimum absolute atomic E-state index is 0.413. The number of esters is 1. The first-order valence-electron chi connectivity index (χ1n) is 5.52. The van der Waals surface area contributed by atoms with Gasteiger partial charge in [-0.1, -0.05) is 30.3 Å². The maximum atomic E-state index is 11.7. The monoisotopic (exact) mass is 236 g/mol. The van der Waals surface area contributed by atoms with E-state index in [0.29, 0.717) is 0 Å². The Morgan fingerprint density at radius 2 is 1.88 bits per heavy atom. The lowest BCUT2D eigenvalue weighted by atomic mass is 10.0. The van der Waals surface area contributed by atoms with Crippen LogP contribution in [0.4, 0.5) is 0 Å². The number of carbonyl (C=O) groups excluding carboxylic acids is 1. The first kappa shape index (κ1) is 12.1. The van der Waals surface area contributed by atoms with Gasteiger partial charge in [-0.2, -0.15) is 0 Å². The first-order valence-corrected chi connectivity index (χ1v) is 5.52. The van der Waals surface area contributed by atoms with E-state index in [0.717, 1.165) is 5.56 Å². The van der Waals surface area contributed by atoms with Crippen LogP contribution in [-0.4, -0.2) is 25.0 Å². The zero-order valence-electron chi connectivity index (χ0n) is 10.2. The molecular weight excluding hydrogens is 220 g/mol. The molecule has 1 aliphatic heterocycles. The van der Waals surface area contributed by atoms with Crippen LogP contribution in [0.1, 0.15) is 25.5 Å². The first-order chi connectivity index (χ1) is 8.03. The lowest BCUT2D eigenvalue weighted by Crippen LogP contribution is -2.28. The fourth-order valence-corrected chi connectivity index (χ4v) is 1.94. The molecule has 1 fully saturated rings. The number of methoxy groups -OCH3 is 1. The van der Waals surface area contributed by atoms with Crippen molar-refractivity contribution < 1.29 is 19.0 Å². The Balaban J connectivity index is 2.28. The van der Waals surface area contributed by atoms with Crippen LogP contribution in [0, 0.1) is 0 Å². The van der Waals surface area contributed by atoms with Crippen molar-refractivity contribution in [2.24, 2.45) is 0 Å². The predicted molar refractivity (Wildman–Crippen MR) is 61.2 cm³/mol. The van der Waals surface area contributed by atoms with Gasteiger partial charge in [-0.15, -0.1) is 0 Å². The third kappa shape index (κ3) is 2.48. The number of carbonyl (C=O) groups is 1. The van der Waals surface area contributed by atoms with Crippen molar-refractivity contribution in [2.75, 3.05) is 7.11 Å². The molecule has 4 nitrogen and oxygen atoms in total. The number of rotatable bonds is 2. The second-order valence-corrected chi connectivity index (χ2v) is 4.41. The highest BCUT2D eigenvalue weighted by molar-refractivity contribution is 5.76. The third-order valence-electron chi connectivity index (χ3n) is 2.66. The summed E-state index contributed by atoms with van der Waals surface area (Å²) in [6.45, 7) is 3.57. The quantitative estimate of drug-likeness (QED) is 0.737. The van der Waals surface area contributed by atoms with Crippen LogP contribution >= 0.6 is 0 Å². The van der Waals surface area contributed by atoms with Gasteiger partial charge in [-0.05, 0) is 19.4 Å². The minimum atomic E-state index is -0.778. The molecule has 17 heavy (non-hydrogen) atoms. The van der Waals surface area contributed by atoms with E-state index in [4.69, 9.17) is 14.2 Å². The van der Waals surface area contributed by atoms with Crippen LogP contribution < -0.4 is 0 Å². The summed E-state index contributed by atoms with van der Waals surface area (Å²) in [6.07, 6.45) is -1.13. The molecule has 4 heteroatoms. The van der Waals surface area contributed by atoms with E-state index in [1.54, 1.807) is 13.8 Å². The highest BCUT2D eigenvalue weighted by Gasteiger charge is 2.46. The summed E-state index contributed by atoms with van der Waals surface area (Å²) in [5, 5.41) is 0. The molecule has 1 heterocycles. The normalized spacial score (nSPS) is 26.8. The van der Waals surface area contributed by atoms with Crippen molar-refractivity contribution in [1.29, 1.82) is 0 Å².